The zero-order chi connectivity index (χ0) is 17.8. The van der Waals surface area contributed by atoms with Crippen LogP contribution in [0, 0.1) is 6.92 Å². The topological polar surface area (TPSA) is 62.3 Å². The zero-order valence-electron chi connectivity index (χ0n) is 14.7. The molecule has 25 heavy (non-hydrogen) atoms. The maximum atomic E-state index is 12.4. The number of hydrogen-bond donors (Lipinski definition) is 1. The van der Waals surface area contributed by atoms with Gasteiger partial charge in [0.05, 0.1) is 5.69 Å². The van der Waals surface area contributed by atoms with Crippen LogP contribution in [0.25, 0.3) is 10.6 Å². The van der Waals surface area contributed by atoms with Gasteiger partial charge in [-0.1, -0.05) is 24.3 Å². The summed E-state index contributed by atoms with van der Waals surface area (Å²) in [5.74, 6) is -0.0132. The molecule has 6 heteroatoms. The molecular formula is C19H23N3O2S. The van der Waals surface area contributed by atoms with E-state index in [4.69, 9.17) is 0 Å². The molecule has 5 nitrogen and oxygen atoms in total. The van der Waals surface area contributed by atoms with Crippen molar-refractivity contribution in [2.24, 2.45) is 0 Å². The van der Waals surface area contributed by atoms with Crippen LogP contribution >= 0.6 is 11.3 Å². The number of aryl methyl sites for hydroxylation is 1. The maximum absolute atomic E-state index is 12.4. The quantitative estimate of drug-likeness (QED) is 0.807. The fraction of sp³-hybridized carbons (Fsp3) is 0.421. The largest absolute Gasteiger partial charge is 0.350 e. The fourth-order valence-corrected chi connectivity index (χ4v) is 3.98. The highest BCUT2D eigenvalue weighted by atomic mass is 32.1. The van der Waals surface area contributed by atoms with Crippen molar-refractivity contribution in [2.75, 3.05) is 26.2 Å². The predicted octanol–water partition coefficient (Wildman–Crippen LogP) is 3.15. The summed E-state index contributed by atoms with van der Waals surface area (Å²) in [6.07, 6.45) is 2.52. The minimum absolute atomic E-state index is 0.0416. The van der Waals surface area contributed by atoms with E-state index in [2.05, 4.69) is 15.2 Å². The molecule has 0 saturated carbocycles. The number of aromatic nitrogens is 1. The monoisotopic (exact) mass is 357 g/mol. The minimum Gasteiger partial charge on any atom is -0.350 e. The van der Waals surface area contributed by atoms with E-state index in [1.54, 1.807) is 19.1 Å². The Bertz CT molecular complexity index is 761. The Morgan fingerprint density at radius 2 is 1.88 bits per heavy atom. The van der Waals surface area contributed by atoms with E-state index in [9.17, 15) is 9.59 Å². The number of thiazole rings is 1. The SMILES string of the molecule is CC(=O)c1ccc(-c2nc(C)c(C(=O)NCCN3CCCC3)s2)cc1. The molecule has 0 aliphatic carbocycles. The van der Waals surface area contributed by atoms with Crippen molar-refractivity contribution in [3.8, 4) is 10.6 Å². The minimum atomic E-state index is -0.0548. The van der Waals surface area contributed by atoms with Gasteiger partial charge in [-0.05, 0) is 39.8 Å². The molecule has 1 aliphatic rings. The Balaban J connectivity index is 1.64. The normalized spacial score (nSPS) is 14.6. The van der Waals surface area contributed by atoms with E-state index >= 15 is 0 Å². The molecule has 2 heterocycles. The molecule has 0 radical (unpaired) electrons. The smallest absolute Gasteiger partial charge is 0.263 e. The average molecular weight is 357 g/mol. The van der Waals surface area contributed by atoms with Crippen LogP contribution in [0.15, 0.2) is 24.3 Å². The molecule has 1 aromatic carbocycles. The molecule has 1 fully saturated rings. The number of likely N-dealkylation sites (tertiary alicyclic amines) is 1. The van der Waals surface area contributed by atoms with E-state index in [1.165, 1.54) is 24.2 Å². The first-order valence-electron chi connectivity index (χ1n) is 8.64. The van der Waals surface area contributed by atoms with Gasteiger partial charge in [0.15, 0.2) is 5.78 Å². The molecule has 2 aromatic rings. The Labute approximate surface area is 152 Å². The van der Waals surface area contributed by atoms with E-state index in [-0.39, 0.29) is 11.7 Å². The number of hydrogen-bond acceptors (Lipinski definition) is 5. The van der Waals surface area contributed by atoms with Crippen LogP contribution in [-0.4, -0.2) is 47.8 Å². The van der Waals surface area contributed by atoms with Crippen LogP contribution in [0.1, 0.15) is 45.5 Å². The molecule has 0 bridgehead atoms. The first kappa shape index (κ1) is 17.8. The number of rotatable bonds is 6. The second-order valence-corrected chi connectivity index (χ2v) is 7.37. The van der Waals surface area contributed by atoms with Gasteiger partial charge in [0, 0.05) is 24.2 Å². The van der Waals surface area contributed by atoms with Crippen molar-refractivity contribution in [1.82, 2.24) is 15.2 Å². The van der Waals surface area contributed by atoms with Crippen LogP contribution in [0.5, 0.6) is 0 Å². The average Bonchev–Trinajstić information content (AvgIpc) is 3.24. The molecule has 0 unspecified atom stereocenters. The first-order valence-corrected chi connectivity index (χ1v) is 9.45. The Kier molecular flexibility index (Phi) is 5.60. The van der Waals surface area contributed by atoms with Crippen molar-refractivity contribution in [3.05, 3.63) is 40.4 Å². The van der Waals surface area contributed by atoms with Gasteiger partial charge in [-0.15, -0.1) is 11.3 Å². The molecule has 1 aliphatic heterocycles. The number of nitrogens with one attached hydrogen (secondary N) is 1. The molecular weight excluding hydrogens is 334 g/mol. The lowest BCUT2D eigenvalue weighted by atomic mass is 10.1. The maximum Gasteiger partial charge on any atom is 0.263 e. The van der Waals surface area contributed by atoms with Crippen molar-refractivity contribution < 1.29 is 9.59 Å². The second-order valence-electron chi connectivity index (χ2n) is 6.37. The molecule has 1 aromatic heterocycles. The number of ketones is 1. The summed E-state index contributed by atoms with van der Waals surface area (Å²) >= 11 is 1.40. The molecule has 1 N–H and O–H groups in total. The Hall–Kier alpha value is -2.05. The molecule has 1 saturated heterocycles. The van der Waals surface area contributed by atoms with E-state index in [0.29, 0.717) is 17.0 Å². The summed E-state index contributed by atoms with van der Waals surface area (Å²) < 4.78 is 0. The van der Waals surface area contributed by atoms with Crippen molar-refractivity contribution in [3.63, 3.8) is 0 Å². The van der Waals surface area contributed by atoms with Gasteiger partial charge in [-0.3, -0.25) is 9.59 Å². The van der Waals surface area contributed by atoms with Gasteiger partial charge < -0.3 is 10.2 Å². The second kappa shape index (κ2) is 7.89. The summed E-state index contributed by atoms with van der Waals surface area (Å²) in [6.45, 7) is 7.25. The third-order valence-corrected chi connectivity index (χ3v) is 5.66. The highest BCUT2D eigenvalue weighted by molar-refractivity contribution is 7.17. The number of nitrogens with zero attached hydrogens (tertiary/aromatic N) is 2. The van der Waals surface area contributed by atoms with Crippen LogP contribution < -0.4 is 5.32 Å². The van der Waals surface area contributed by atoms with Gasteiger partial charge in [0.2, 0.25) is 0 Å². The zero-order valence-corrected chi connectivity index (χ0v) is 15.5. The lowest BCUT2D eigenvalue weighted by Crippen LogP contribution is -2.33. The number of Topliss-reactive ketones (excluding diaryl/α,β-unsaturated/α-hetero) is 1. The summed E-state index contributed by atoms with van der Waals surface area (Å²) in [5, 5.41) is 3.80. The molecule has 0 atom stereocenters. The van der Waals surface area contributed by atoms with Gasteiger partial charge in [-0.2, -0.15) is 0 Å². The van der Waals surface area contributed by atoms with Crippen molar-refractivity contribution in [1.29, 1.82) is 0 Å². The summed E-state index contributed by atoms with van der Waals surface area (Å²) in [6, 6.07) is 7.35. The van der Waals surface area contributed by atoms with E-state index < -0.39 is 0 Å². The third kappa shape index (κ3) is 4.32. The number of amides is 1. The van der Waals surface area contributed by atoms with E-state index in [1.807, 2.05) is 19.1 Å². The molecule has 3 rings (SSSR count). The molecule has 1 amide bonds. The van der Waals surface area contributed by atoms with E-state index in [0.717, 1.165) is 35.9 Å². The summed E-state index contributed by atoms with van der Waals surface area (Å²) in [4.78, 5) is 31.4. The standard InChI is InChI=1S/C19H23N3O2S/c1-13-17(18(24)20-9-12-22-10-3-4-11-22)25-19(21-13)16-7-5-15(6-8-16)14(2)23/h5-8H,3-4,9-12H2,1-2H3,(H,20,24). The highest BCUT2D eigenvalue weighted by Gasteiger charge is 2.17. The highest BCUT2D eigenvalue weighted by Crippen LogP contribution is 2.28. The summed E-state index contributed by atoms with van der Waals surface area (Å²) in [5.41, 5.74) is 2.35. The molecule has 0 spiro atoms. The lowest BCUT2D eigenvalue weighted by Gasteiger charge is -2.14. The number of benzene rings is 1. The summed E-state index contributed by atoms with van der Waals surface area (Å²) in [7, 11) is 0. The predicted molar refractivity (Wildman–Crippen MR) is 100 cm³/mol. The van der Waals surface area contributed by atoms with Crippen molar-refractivity contribution >= 4 is 23.0 Å². The van der Waals surface area contributed by atoms with Crippen LogP contribution in [0.3, 0.4) is 0 Å². The van der Waals surface area contributed by atoms with Crippen LogP contribution in [-0.2, 0) is 0 Å². The number of carbonyl (C=O) groups is 2. The Morgan fingerprint density at radius 1 is 1.20 bits per heavy atom. The van der Waals surface area contributed by atoms with Gasteiger partial charge >= 0.3 is 0 Å². The van der Waals surface area contributed by atoms with Crippen LogP contribution in [0.2, 0.25) is 0 Å². The first-order chi connectivity index (χ1) is 12.0. The van der Waals surface area contributed by atoms with Crippen LogP contribution in [0.4, 0.5) is 0 Å². The number of carbonyl (C=O) groups excluding carboxylic acids is 2. The molecule has 132 valence electrons. The lowest BCUT2D eigenvalue weighted by molar-refractivity contribution is 0.0952. The van der Waals surface area contributed by atoms with Gasteiger partial charge in [0.25, 0.3) is 5.91 Å². The Morgan fingerprint density at radius 3 is 2.52 bits per heavy atom. The third-order valence-electron chi connectivity index (χ3n) is 4.45. The van der Waals surface area contributed by atoms with Gasteiger partial charge in [-0.25, -0.2) is 4.98 Å². The fourth-order valence-electron chi connectivity index (χ4n) is 2.99. The van der Waals surface area contributed by atoms with Gasteiger partial charge in [0.1, 0.15) is 9.88 Å². The van der Waals surface area contributed by atoms with Crippen molar-refractivity contribution in [2.45, 2.75) is 26.7 Å².